The zero-order valence-electron chi connectivity index (χ0n) is 24.1. The lowest BCUT2D eigenvalue weighted by Crippen LogP contribution is -2.54. The van der Waals surface area contributed by atoms with E-state index >= 15 is 0 Å². The summed E-state index contributed by atoms with van der Waals surface area (Å²) in [6, 6.07) is 22.5. The Bertz CT molecular complexity index is 1380. The zero-order chi connectivity index (χ0) is 29.3. The second kappa shape index (κ2) is 14.1. The van der Waals surface area contributed by atoms with Gasteiger partial charge in [-0.3, -0.25) is 13.9 Å². The standard InChI is InChI=1S/C32H41N3O4S/c1-6-25(4)33-32(37)29(7-2)34(22-21-27-16-10-8-11-17-27)31(36)23-35(30-20-14-15-24(3)26(30)5)40(38,39)28-18-12-9-13-19-28/h8-20,25,29H,6-7,21-23H2,1-5H3,(H,33,37)/t25-,29-/m0/s1. The van der Waals surface area contributed by atoms with Crippen molar-refractivity contribution < 1.29 is 18.0 Å². The molecule has 7 nitrogen and oxygen atoms in total. The van der Waals surface area contributed by atoms with Gasteiger partial charge in [0, 0.05) is 12.6 Å². The van der Waals surface area contributed by atoms with Crippen molar-refractivity contribution in [3.05, 3.63) is 95.6 Å². The van der Waals surface area contributed by atoms with Gasteiger partial charge < -0.3 is 10.2 Å². The second-order valence-corrected chi connectivity index (χ2v) is 12.0. The van der Waals surface area contributed by atoms with Crippen molar-refractivity contribution in [3.8, 4) is 0 Å². The van der Waals surface area contributed by atoms with Gasteiger partial charge in [0.25, 0.3) is 10.0 Å². The fourth-order valence-electron chi connectivity index (χ4n) is 4.58. The van der Waals surface area contributed by atoms with Crippen LogP contribution < -0.4 is 9.62 Å². The van der Waals surface area contributed by atoms with Gasteiger partial charge in [0.1, 0.15) is 12.6 Å². The number of benzene rings is 3. The first-order valence-corrected chi connectivity index (χ1v) is 15.3. The molecule has 0 saturated heterocycles. The van der Waals surface area contributed by atoms with Gasteiger partial charge in [0.2, 0.25) is 11.8 Å². The SMILES string of the molecule is CC[C@H](C)NC(=O)[C@H](CC)N(CCc1ccccc1)C(=O)CN(c1cccc(C)c1C)S(=O)(=O)c1ccccc1. The molecule has 8 heteroatoms. The van der Waals surface area contributed by atoms with Gasteiger partial charge in [-0.05, 0) is 74.9 Å². The largest absolute Gasteiger partial charge is 0.352 e. The Morgan fingerprint density at radius 1 is 0.850 bits per heavy atom. The van der Waals surface area contributed by atoms with Crippen molar-refractivity contribution in [1.29, 1.82) is 0 Å². The summed E-state index contributed by atoms with van der Waals surface area (Å²) < 4.78 is 29.1. The van der Waals surface area contributed by atoms with E-state index in [9.17, 15) is 18.0 Å². The van der Waals surface area contributed by atoms with Crippen LogP contribution in [-0.2, 0) is 26.0 Å². The molecule has 0 aliphatic rings. The Morgan fingerprint density at radius 3 is 2.08 bits per heavy atom. The van der Waals surface area contributed by atoms with Crippen molar-refractivity contribution in [1.82, 2.24) is 10.2 Å². The van der Waals surface area contributed by atoms with E-state index < -0.39 is 28.5 Å². The molecular weight excluding hydrogens is 522 g/mol. The Hall–Kier alpha value is -3.65. The molecule has 3 aromatic rings. The van der Waals surface area contributed by atoms with E-state index in [1.54, 1.807) is 35.2 Å². The molecule has 0 aromatic heterocycles. The van der Waals surface area contributed by atoms with Crippen molar-refractivity contribution in [2.24, 2.45) is 0 Å². The van der Waals surface area contributed by atoms with Crippen LogP contribution in [0.5, 0.6) is 0 Å². The topological polar surface area (TPSA) is 86.8 Å². The molecule has 40 heavy (non-hydrogen) atoms. The molecule has 3 aromatic carbocycles. The average Bonchev–Trinajstić information content (AvgIpc) is 2.96. The molecule has 1 N–H and O–H groups in total. The van der Waals surface area contributed by atoms with Gasteiger partial charge in [-0.15, -0.1) is 0 Å². The minimum atomic E-state index is -4.08. The number of rotatable bonds is 13. The number of amides is 2. The summed E-state index contributed by atoms with van der Waals surface area (Å²) in [5.41, 5.74) is 3.16. The van der Waals surface area contributed by atoms with Crippen molar-refractivity contribution in [2.75, 3.05) is 17.4 Å². The predicted molar refractivity (Wildman–Crippen MR) is 161 cm³/mol. The molecule has 0 unspecified atom stereocenters. The first-order chi connectivity index (χ1) is 19.1. The van der Waals surface area contributed by atoms with Gasteiger partial charge in [-0.1, -0.05) is 74.5 Å². The summed E-state index contributed by atoms with van der Waals surface area (Å²) >= 11 is 0. The maximum absolute atomic E-state index is 14.1. The number of nitrogens with zero attached hydrogens (tertiary/aromatic N) is 2. The maximum atomic E-state index is 14.1. The van der Waals surface area contributed by atoms with Crippen LogP contribution in [0.1, 0.15) is 50.3 Å². The quantitative estimate of drug-likeness (QED) is 0.307. The lowest BCUT2D eigenvalue weighted by Gasteiger charge is -2.34. The Labute approximate surface area is 239 Å². The lowest BCUT2D eigenvalue weighted by molar-refractivity contribution is -0.139. The van der Waals surface area contributed by atoms with Crippen LogP contribution >= 0.6 is 0 Å². The summed E-state index contributed by atoms with van der Waals surface area (Å²) in [4.78, 5) is 29.1. The summed E-state index contributed by atoms with van der Waals surface area (Å²) in [5.74, 6) is -0.662. The summed E-state index contributed by atoms with van der Waals surface area (Å²) in [6.45, 7) is 9.39. The minimum Gasteiger partial charge on any atom is -0.352 e. The molecule has 0 aliphatic heterocycles. The average molecular weight is 564 g/mol. The third-order valence-corrected chi connectivity index (χ3v) is 9.10. The zero-order valence-corrected chi connectivity index (χ0v) is 24.9. The van der Waals surface area contributed by atoms with E-state index in [0.717, 1.165) is 23.1 Å². The van der Waals surface area contributed by atoms with Crippen LogP contribution in [-0.4, -0.2) is 50.3 Å². The van der Waals surface area contributed by atoms with Gasteiger partial charge in [0.15, 0.2) is 0 Å². The molecule has 0 saturated carbocycles. The van der Waals surface area contributed by atoms with Crippen LogP contribution in [0.4, 0.5) is 5.69 Å². The number of aryl methyl sites for hydroxylation is 1. The molecule has 2 atom stereocenters. The molecule has 0 heterocycles. The van der Waals surface area contributed by atoms with E-state index in [-0.39, 0.29) is 23.4 Å². The summed E-state index contributed by atoms with van der Waals surface area (Å²) in [5, 5.41) is 3.01. The van der Waals surface area contributed by atoms with Gasteiger partial charge in [-0.25, -0.2) is 8.42 Å². The highest BCUT2D eigenvalue weighted by atomic mass is 32.2. The first-order valence-electron chi connectivity index (χ1n) is 13.9. The first kappa shape index (κ1) is 30.9. The number of anilines is 1. The Balaban J connectivity index is 2.04. The van der Waals surface area contributed by atoms with Crippen LogP contribution in [0, 0.1) is 13.8 Å². The Kier molecular flexibility index (Phi) is 10.9. The van der Waals surface area contributed by atoms with Gasteiger partial charge in [0.05, 0.1) is 10.6 Å². The normalized spacial score (nSPS) is 12.8. The molecule has 0 bridgehead atoms. The third kappa shape index (κ3) is 7.50. The number of carbonyl (C=O) groups is 2. The van der Waals surface area contributed by atoms with Gasteiger partial charge in [-0.2, -0.15) is 0 Å². The fourth-order valence-corrected chi connectivity index (χ4v) is 6.07. The monoisotopic (exact) mass is 563 g/mol. The number of sulfonamides is 1. The van der Waals surface area contributed by atoms with E-state index in [4.69, 9.17) is 0 Å². The second-order valence-electron chi connectivity index (χ2n) is 10.1. The maximum Gasteiger partial charge on any atom is 0.264 e. The molecule has 214 valence electrons. The van der Waals surface area contributed by atoms with Crippen LogP contribution in [0.15, 0.2) is 83.8 Å². The third-order valence-electron chi connectivity index (χ3n) is 7.33. The van der Waals surface area contributed by atoms with Crippen LogP contribution in [0.3, 0.4) is 0 Å². The van der Waals surface area contributed by atoms with E-state index in [0.29, 0.717) is 18.5 Å². The highest BCUT2D eigenvalue weighted by Crippen LogP contribution is 2.29. The molecule has 2 amide bonds. The Morgan fingerprint density at radius 2 is 1.48 bits per heavy atom. The number of hydrogen-bond donors (Lipinski definition) is 1. The fraction of sp³-hybridized carbons (Fsp3) is 0.375. The van der Waals surface area contributed by atoms with E-state index in [2.05, 4.69) is 5.32 Å². The summed E-state index contributed by atoms with van der Waals surface area (Å²) in [6.07, 6.45) is 1.70. The van der Waals surface area contributed by atoms with Crippen LogP contribution in [0.25, 0.3) is 0 Å². The van der Waals surface area contributed by atoms with Crippen LogP contribution in [0.2, 0.25) is 0 Å². The number of carbonyl (C=O) groups excluding carboxylic acids is 2. The van der Waals surface area contributed by atoms with E-state index in [1.165, 1.54) is 16.4 Å². The minimum absolute atomic E-state index is 0.0440. The van der Waals surface area contributed by atoms with Gasteiger partial charge >= 0.3 is 0 Å². The highest BCUT2D eigenvalue weighted by molar-refractivity contribution is 7.92. The molecule has 0 radical (unpaired) electrons. The van der Waals surface area contributed by atoms with E-state index in [1.807, 2.05) is 71.0 Å². The van der Waals surface area contributed by atoms with Crippen molar-refractivity contribution in [2.45, 2.75) is 70.9 Å². The lowest BCUT2D eigenvalue weighted by atomic mass is 10.1. The highest BCUT2D eigenvalue weighted by Gasteiger charge is 2.34. The number of hydrogen-bond acceptors (Lipinski definition) is 4. The molecule has 3 rings (SSSR count). The molecule has 0 spiro atoms. The molecule has 0 fully saturated rings. The summed E-state index contributed by atoms with van der Waals surface area (Å²) in [7, 11) is -4.08. The smallest absolute Gasteiger partial charge is 0.264 e. The molecule has 0 aliphatic carbocycles. The number of nitrogens with one attached hydrogen (secondary N) is 1. The van der Waals surface area contributed by atoms with Crippen molar-refractivity contribution in [3.63, 3.8) is 0 Å². The molecular formula is C32H41N3O4S. The predicted octanol–water partition coefficient (Wildman–Crippen LogP) is 5.26. The van der Waals surface area contributed by atoms with Crippen molar-refractivity contribution >= 4 is 27.5 Å².